The van der Waals surface area contributed by atoms with Gasteiger partial charge in [-0.15, -0.1) is 0 Å². The fourth-order valence-electron chi connectivity index (χ4n) is 3.50. The average Bonchev–Trinajstić information content (AvgIpc) is 2.55. The number of amides is 1. The second-order valence-corrected chi connectivity index (χ2v) is 5.89. The lowest BCUT2D eigenvalue weighted by atomic mass is 9.83. The van der Waals surface area contributed by atoms with Crippen molar-refractivity contribution in [3.63, 3.8) is 0 Å². The van der Waals surface area contributed by atoms with E-state index < -0.39 is 0 Å². The SMILES string of the molecule is CCN1CCN(C)C2(CCN(c3cnccn3)CC2)C1=O. The van der Waals surface area contributed by atoms with Crippen molar-refractivity contribution in [2.45, 2.75) is 25.3 Å². The molecule has 21 heavy (non-hydrogen) atoms. The lowest BCUT2D eigenvalue weighted by Gasteiger charge is -2.51. The number of piperazine rings is 1. The van der Waals surface area contributed by atoms with Gasteiger partial charge >= 0.3 is 0 Å². The molecule has 0 atom stereocenters. The Labute approximate surface area is 125 Å². The van der Waals surface area contributed by atoms with Crippen LogP contribution in [0.5, 0.6) is 0 Å². The van der Waals surface area contributed by atoms with E-state index in [1.165, 1.54) is 0 Å². The molecule has 0 aromatic carbocycles. The molecule has 2 aliphatic heterocycles. The van der Waals surface area contributed by atoms with Crippen molar-refractivity contribution >= 4 is 11.7 Å². The second kappa shape index (κ2) is 5.60. The minimum atomic E-state index is -0.313. The predicted molar refractivity (Wildman–Crippen MR) is 81.1 cm³/mol. The highest BCUT2D eigenvalue weighted by Crippen LogP contribution is 2.33. The zero-order valence-electron chi connectivity index (χ0n) is 12.8. The zero-order valence-corrected chi connectivity index (χ0v) is 12.8. The standard InChI is InChI=1S/C15H23N5O/c1-3-19-11-10-18(2)15(14(19)21)4-8-20(9-5-15)13-12-16-6-7-17-13/h6-7,12H,3-5,8-11H2,1-2H3. The van der Waals surface area contributed by atoms with Gasteiger partial charge < -0.3 is 9.80 Å². The van der Waals surface area contributed by atoms with E-state index in [0.717, 1.165) is 51.4 Å². The normalized spacial score (nSPS) is 22.9. The van der Waals surface area contributed by atoms with E-state index in [-0.39, 0.29) is 5.54 Å². The third kappa shape index (κ3) is 2.37. The van der Waals surface area contributed by atoms with Crippen LogP contribution in [-0.2, 0) is 4.79 Å². The lowest BCUT2D eigenvalue weighted by molar-refractivity contribution is -0.151. The summed E-state index contributed by atoms with van der Waals surface area (Å²) >= 11 is 0. The highest BCUT2D eigenvalue weighted by molar-refractivity contribution is 5.87. The van der Waals surface area contributed by atoms with Crippen molar-refractivity contribution in [2.75, 3.05) is 44.7 Å². The minimum absolute atomic E-state index is 0.303. The van der Waals surface area contributed by atoms with Crippen LogP contribution in [0.25, 0.3) is 0 Å². The molecule has 114 valence electrons. The molecule has 1 spiro atoms. The molecule has 6 heteroatoms. The summed E-state index contributed by atoms with van der Waals surface area (Å²) < 4.78 is 0. The van der Waals surface area contributed by atoms with Crippen LogP contribution >= 0.6 is 0 Å². The van der Waals surface area contributed by atoms with Gasteiger partial charge in [0.2, 0.25) is 5.91 Å². The van der Waals surface area contributed by atoms with E-state index in [9.17, 15) is 4.79 Å². The molecule has 2 fully saturated rings. The Bertz CT molecular complexity index is 498. The van der Waals surface area contributed by atoms with Crippen LogP contribution in [0.15, 0.2) is 18.6 Å². The molecule has 0 N–H and O–H groups in total. The smallest absolute Gasteiger partial charge is 0.243 e. The topological polar surface area (TPSA) is 52.6 Å². The third-order valence-corrected chi connectivity index (χ3v) is 4.97. The Balaban J connectivity index is 1.75. The molecule has 2 aliphatic rings. The monoisotopic (exact) mass is 289 g/mol. The van der Waals surface area contributed by atoms with Crippen LogP contribution in [0.4, 0.5) is 5.82 Å². The van der Waals surface area contributed by atoms with Gasteiger partial charge in [0.1, 0.15) is 11.4 Å². The van der Waals surface area contributed by atoms with E-state index in [0.29, 0.717) is 5.91 Å². The average molecular weight is 289 g/mol. The molecule has 0 radical (unpaired) electrons. The van der Waals surface area contributed by atoms with Crippen molar-refractivity contribution in [1.82, 2.24) is 19.8 Å². The third-order valence-electron chi connectivity index (χ3n) is 4.97. The van der Waals surface area contributed by atoms with Crippen LogP contribution in [0.2, 0.25) is 0 Å². The molecule has 3 rings (SSSR count). The number of piperidine rings is 1. The Hall–Kier alpha value is -1.69. The number of anilines is 1. The first-order valence-electron chi connectivity index (χ1n) is 7.69. The van der Waals surface area contributed by atoms with E-state index in [2.05, 4.69) is 33.7 Å². The summed E-state index contributed by atoms with van der Waals surface area (Å²) in [5, 5.41) is 0. The fourth-order valence-corrected chi connectivity index (χ4v) is 3.50. The van der Waals surface area contributed by atoms with E-state index in [1.807, 2.05) is 4.90 Å². The van der Waals surface area contributed by atoms with Gasteiger partial charge in [0.05, 0.1) is 6.20 Å². The maximum atomic E-state index is 12.8. The fraction of sp³-hybridized carbons (Fsp3) is 0.667. The Morgan fingerprint density at radius 1 is 1.19 bits per heavy atom. The van der Waals surface area contributed by atoms with Gasteiger partial charge in [-0.1, -0.05) is 0 Å². The Morgan fingerprint density at radius 3 is 2.57 bits per heavy atom. The van der Waals surface area contributed by atoms with E-state index in [4.69, 9.17) is 0 Å². The number of hydrogen-bond acceptors (Lipinski definition) is 5. The quantitative estimate of drug-likeness (QED) is 0.798. The molecule has 0 saturated carbocycles. The van der Waals surface area contributed by atoms with Crippen molar-refractivity contribution < 1.29 is 4.79 Å². The molecule has 1 amide bonds. The number of carbonyl (C=O) groups is 1. The van der Waals surface area contributed by atoms with Gasteiger partial charge in [0, 0.05) is 45.1 Å². The molecule has 0 aliphatic carbocycles. The van der Waals surface area contributed by atoms with E-state index in [1.54, 1.807) is 18.6 Å². The maximum Gasteiger partial charge on any atom is 0.243 e. The van der Waals surface area contributed by atoms with Crippen LogP contribution in [0.3, 0.4) is 0 Å². The minimum Gasteiger partial charge on any atom is -0.355 e. The number of nitrogens with zero attached hydrogens (tertiary/aromatic N) is 5. The van der Waals surface area contributed by atoms with Crippen LogP contribution in [0, 0.1) is 0 Å². The van der Waals surface area contributed by atoms with Crippen molar-refractivity contribution in [3.05, 3.63) is 18.6 Å². The highest BCUT2D eigenvalue weighted by atomic mass is 16.2. The maximum absolute atomic E-state index is 12.8. The first kappa shape index (κ1) is 14.3. The molecule has 2 saturated heterocycles. The first-order chi connectivity index (χ1) is 10.2. The summed E-state index contributed by atoms with van der Waals surface area (Å²) in [6.45, 7) is 6.39. The van der Waals surface area contributed by atoms with Crippen molar-refractivity contribution in [2.24, 2.45) is 0 Å². The predicted octanol–water partition coefficient (Wildman–Crippen LogP) is 0.609. The van der Waals surface area contributed by atoms with Gasteiger partial charge in [0.25, 0.3) is 0 Å². The largest absolute Gasteiger partial charge is 0.355 e. The molecule has 0 unspecified atom stereocenters. The summed E-state index contributed by atoms with van der Waals surface area (Å²) in [6, 6.07) is 0. The molecule has 1 aromatic heterocycles. The van der Waals surface area contributed by atoms with Gasteiger partial charge in [-0.3, -0.25) is 14.7 Å². The Morgan fingerprint density at radius 2 is 1.95 bits per heavy atom. The van der Waals surface area contributed by atoms with Gasteiger partial charge in [-0.2, -0.15) is 0 Å². The second-order valence-electron chi connectivity index (χ2n) is 5.89. The number of aromatic nitrogens is 2. The molecular formula is C15H23N5O. The van der Waals surface area contributed by atoms with Gasteiger partial charge in [-0.05, 0) is 26.8 Å². The van der Waals surface area contributed by atoms with Crippen LogP contribution in [-0.4, -0.2) is 71.0 Å². The van der Waals surface area contributed by atoms with Crippen LogP contribution < -0.4 is 4.90 Å². The van der Waals surface area contributed by atoms with Gasteiger partial charge in [-0.25, -0.2) is 4.98 Å². The van der Waals surface area contributed by atoms with Crippen molar-refractivity contribution in [3.8, 4) is 0 Å². The molecule has 3 heterocycles. The first-order valence-corrected chi connectivity index (χ1v) is 7.69. The number of rotatable bonds is 2. The van der Waals surface area contributed by atoms with E-state index >= 15 is 0 Å². The number of likely N-dealkylation sites (N-methyl/N-ethyl adjacent to an activating group) is 2. The van der Waals surface area contributed by atoms with Crippen molar-refractivity contribution in [1.29, 1.82) is 0 Å². The zero-order chi connectivity index (χ0) is 14.9. The highest BCUT2D eigenvalue weighted by Gasteiger charge is 2.48. The van der Waals surface area contributed by atoms with Gasteiger partial charge in [0.15, 0.2) is 0 Å². The molecule has 1 aromatic rings. The summed E-state index contributed by atoms with van der Waals surface area (Å²) in [6.07, 6.45) is 6.91. The molecular weight excluding hydrogens is 266 g/mol. The summed E-state index contributed by atoms with van der Waals surface area (Å²) in [5.74, 6) is 1.21. The van der Waals surface area contributed by atoms with Crippen LogP contribution in [0.1, 0.15) is 19.8 Å². The molecule has 0 bridgehead atoms. The molecule has 6 nitrogen and oxygen atoms in total. The summed E-state index contributed by atoms with van der Waals surface area (Å²) in [7, 11) is 2.09. The summed E-state index contributed by atoms with van der Waals surface area (Å²) in [4.78, 5) is 27.8. The number of hydrogen-bond donors (Lipinski definition) is 0. The lowest BCUT2D eigenvalue weighted by Crippen LogP contribution is -2.67. The number of carbonyl (C=O) groups excluding carboxylic acids is 1. The summed E-state index contributed by atoms with van der Waals surface area (Å²) in [5.41, 5.74) is -0.313. The Kier molecular flexibility index (Phi) is 3.80.